The highest BCUT2D eigenvalue weighted by Crippen LogP contribution is 2.29. The van der Waals surface area contributed by atoms with Crippen LogP contribution in [0, 0.1) is 0 Å². The number of hydrogen-bond acceptors (Lipinski definition) is 6. The molecule has 30 heavy (non-hydrogen) atoms. The maximum absolute atomic E-state index is 12.4. The zero-order valence-corrected chi connectivity index (χ0v) is 18.2. The zero-order valence-electron chi connectivity index (χ0n) is 15.1. The fraction of sp³-hybridized carbons (Fsp3) is 0. The van der Waals surface area contributed by atoms with Crippen LogP contribution in [-0.4, -0.2) is 21.8 Å². The topological polar surface area (TPSA) is 84.0 Å². The summed E-state index contributed by atoms with van der Waals surface area (Å²) in [4.78, 5) is 33.5. The second kappa shape index (κ2) is 8.93. The highest BCUT2D eigenvalue weighted by Gasteiger charge is 2.15. The van der Waals surface area contributed by atoms with Gasteiger partial charge in [0.25, 0.3) is 11.8 Å². The maximum Gasteiger partial charge on any atom is 0.258 e. The molecule has 4 aromatic rings. The zero-order chi connectivity index (χ0) is 21.1. The van der Waals surface area contributed by atoms with Gasteiger partial charge in [0.15, 0.2) is 10.3 Å². The van der Waals surface area contributed by atoms with E-state index in [1.165, 1.54) is 22.7 Å². The van der Waals surface area contributed by atoms with Gasteiger partial charge in [-0.1, -0.05) is 47.5 Å². The monoisotopic (exact) mass is 474 g/mol. The van der Waals surface area contributed by atoms with Crippen LogP contribution >= 0.6 is 45.9 Å². The molecule has 2 N–H and O–H groups in total. The van der Waals surface area contributed by atoms with Gasteiger partial charge in [-0.3, -0.25) is 20.2 Å². The fourth-order valence-electron chi connectivity index (χ4n) is 2.52. The van der Waals surface area contributed by atoms with Crippen molar-refractivity contribution in [2.24, 2.45) is 0 Å². The van der Waals surface area contributed by atoms with Gasteiger partial charge in [0.1, 0.15) is 11.4 Å². The van der Waals surface area contributed by atoms with Gasteiger partial charge >= 0.3 is 0 Å². The highest BCUT2D eigenvalue weighted by atomic mass is 35.5. The van der Waals surface area contributed by atoms with Crippen LogP contribution in [0.2, 0.25) is 10.0 Å². The molecule has 2 aromatic heterocycles. The largest absolute Gasteiger partial charge is 0.298 e. The van der Waals surface area contributed by atoms with E-state index in [9.17, 15) is 9.59 Å². The van der Waals surface area contributed by atoms with Gasteiger partial charge in [0, 0.05) is 10.8 Å². The van der Waals surface area contributed by atoms with Crippen LogP contribution in [-0.2, 0) is 0 Å². The summed E-state index contributed by atoms with van der Waals surface area (Å²) in [5, 5.41) is 10.6. The number of thiazole rings is 2. The molecule has 0 saturated carbocycles. The number of carbonyl (C=O) groups excluding carboxylic acids is 2. The van der Waals surface area contributed by atoms with E-state index in [0.29, 0.717) is 42.8 Å². The SMILES string of the molecule is O=C(Nc1nc(-c2csc(NC(=O)c3ccccc3Cl)n2)cs1)c1ccccc1Cl. The normalized spacial score (nSPS) is 10.6. The molecule has 10 heteroatoms. The lowest BCUT2D eigenvalue weighted by molar-refractivity contribution is 0.101. The third-order valence-corrected chi connectivity index (χ3v) is 6.12. The number of amides is 2. The van der Waals surface area contributed by atoms with Gasteiger partial charge in [-0.15, -0.1) is 22.7 Å². The summed E-state index contributed by atoms with van der Waals surface area (Å²) in [7, 11) is 0. The molecular weight excluding hydrogens is 463 g/mol. The van der Waals surface area contributed by atoms with Crippen molar-refractivity contribution in [1.82, 2.24) is 9.97 Å². The molecule has 2 heterocycles. The molecule has 4 rings (SSSR count). The van der Waals surface area contributed by atoms with Crippen LogP contribution in [0.4, 0.5) is 10.3 Å². The first kappa shape index (κ1) is 20.5. The van der Waals surface area contributed by atoms with Crippen molar-refractivity contribution in [2.75, 3.05) is 10.6 Å². The number of nitrogens with one attached hydrogen (secondary N) is 2. The van der Waals surface area contributed by atoms with Crippen molar-refractivity contribution in [2.45, 2.75) is 0 Å². The average Bonchev–Trinajstić information content (AvgIpc) is 3.38. The average molecular weight is 475 g/mol. The van der Waals surface area contributed by atoms with Gasteiger partial charge in [0.2, 0.25) is 0 Å². The number of aromatic nitrogens is 2. The Morgan fingerprint density at radius 1 is 0.700 bits per heavy atom. The molecule has 0 spiro atoms. The summed E-state index contributed by atoms with van der Waals surface area (Å²) < 4.78 is 0. The molecule has 0 radical (unpaired) electrons. The second-order valence-electron chi connectivity index (χ2n) is 5.94. The molecule has 0 fully saturated rings. The molecule has 0 aliphatic rings. The van der Waals surface area contributed by atoms with E-state index in [1.807, 2.05) is 0 Å². The number of nitrogens with zero attached hydrogens (tertiary/aromatic N) is 2. The van der Waals surface area contributed by atoms with Gasteiger partial charge in [-0.2, -0.15) is 0 Å². The molecule has 0 unspecified atom stereocenters. The minimum absolute atomic E-state index is 0.340. The van der Waals surface area contributed by atoms with E-state index in [2.05, 4.69) is 20.6 Å². The molecule has 0 aliphatic carbocycles. The lowest BCUT2D eigenvalue weighted by Crippen LogP contribution is -2.12. The number of carbonyl (C=O) groups is 2. The summed E-state index contributed by atoms with van der Waals surface area (Å²) in [5.41, 5.74) is 1.91. The highest BCUT2D eigenvalue weighted by molar-refractivity contribution is 7.15. The van der Waals surface area contributed by atoms with Crippen LogP contribution < -0.4 is 10.6 Å². The summed E-state index contributed by atoms with van der Waals surface area (Å²) in [6.45, 7) is 0. The van der Waals surface area contributed by atoms with E-state index in [-0.39, 0.29) is 11.8 Å². The first-order chi connectivity index (χ1) is 14.5. The third kappa shape index (κ3) is 4.52. The Kier molecular flexibility index (Phi) is 6.10. The number of halogens is 2. The van der Waals surface area contributed by atoms with Crippen LogP contribution in [0.1, 0.15) is 20.7 Å². The molecule has 0 saturated heterocycles. The summed E-state index contributed by atoms with van der Waals surface area (Å²) >= 11 is 14.6. The molecule has 2 amide bonds. The smallest absolute Gasteiger partial charge is 0.258 e. The van der Waals surface area contributed by atoms with E-state index in [4.69, 9.17) is 23.2 Å². The summed E-state index contributed by atoms with van der Waals surface area (Å²) in [6, 6.07) is 13.6. The Morgan fingerprint density at radius 3 is 1.50 bits per heavy atom. The molecule has 0 bridgehead atoms. The molecule has 2 aromatic carbocycles. The van der Waals surface area contributed by atoms with Crippen molar-refractivity contribution in [3.8, 4) is 11.4 Å². The Balaban J connectivity index is 1.45. The predicted octanol–water partition coefficient (Wildman–Crippen LogP) is 6.08. The van der Waals surface area contributed by atoms with Gasteiger partial charge < -0.3 is 0 Å². The van der Waals surface area contributed by atoms with Crippen LogP contribution in [0.5, 0.6) is 0 Å². The van der Waals surface area contributed by atoms with E-state index in [0.717, 1.165) is 0 Å². The number of benzene rings is 2. The Hall–Kier alpha value is -2.78. The molecule has 0 aliphatic heterocycles. The first-order valence-corrected chi connectivity index (χ1v) is 11.1. The van der Waals surface area contributed by atoms with E-state index < -0.39 is 0 Å². The predicted molar refractivity (Wildman–Crippen MR) is 122 cm³/mol. The lowest BCUT2D eigenvalue weighted by Gasteiger charge is -2.03. The first-order valence-electron chi connectivity index (χ1n) is 8.54. The quantitative estimate of drug-likeness (QED) is 0.367. The summed E-state index contributed by atoms with van der Waals surface area (Å²) in [6.07, 6.45) is 0. The van der Waals surface area contributed by atoms with Crippen molar-refractivity contribution < 1.29 is 9.59 Å². The standard InChI is InChI=1S/C20H12Cl2N4O2S2/c21-13-7-3-1-5-11(13)17(27)25-19-23-15(9-29-19)16-10-30-20(24-16)26-18(28)12-6-2-4-8-14(12)22/h1-10H,(H,23,25,27)(H,24,26,28). The molecular formula is C20H12Cl2N4O2S2. The fourth-order valence-corrected chi connectivity index (χ4v) is 4.36. The molecule has 0 atom stereocenters. The van der Waals surface area contributed by atoms with E-state index in [1.54, 1.807) is 59.3 Å². The van der Waals surface area contributed by atoms with Gasteiger partial charge in [-0.25, -0.2) is 9.97 Å². The van der Waals surface area contributed by atoms with Crippen molar-refractivity contribution in [3.05, 3.63) is 80.5 Å². The Labute approximate surface area is 189 Å². The molecule has 150 valence electrons. The molecule has 6 nitrogen and oxygen atoms in total. The number of rotatable bonds is 5. The van der Waals surface area contributed by atoms with E-state index >= 15 is 0 Å². The van der Waals surface area contributed by atoms with Crippen LogP contribution in [0.3, 0.4) is 0 Å². The van der Waals surface area contributed by atoms with Crippen LogP contribution in [0.25, 0.3) is 11.4 Å². The minimum Gasteiger partial charge on any atom is -0.298 e. The van der Waals surface area contributed by atoms with Gasteiger partial charge in [0.05, 0.1) is 21.2 Å². The van der Waals surface area contributed by atoms with Crippen molar-refractivity contribution >= 4 is 68.0 Å². The van der Waals surface area contributed by atoms with Crippen molar-refractivity contribution in [1.29, 1.82) is 0 Å². The minimum atomic E-state index is -0.340. The lowest BCUT2D eigenvalue weighted by atomic mass is 10.2. The van der Waals surface area contributed by atoms with Crippen LogP contribution in [0.15, 0.2) is 59.3 Å². The summed E-state index contributed by atoms with van der Waals surface area (Å²) in [5.74, 6) is -0.681. The van der Waals surface area contributed by atoms with Gasteiger partial charge in [-0.05, 0) is 24.3 Å². The second-order valence-corrected chi connectivity index (χ2v) is 8.47. The Bertz CT molecular complexity index is 1140. The number of hydrogen-bond donors (Lipinski definition) is 2. The number of anilines is 2. The maximum atomic E-state index is 12.4. The van der Waals surface area contributed by atoms with Crippen molar-refractivity contribution in [3.63, 3.8) is 0 Å². The Morgan fingerprint density at radius 2 is 1.10 bits per heavy atom. The third-order valence-electron chi connectivity index (χ3n) is 3.95.